The summed E-state index contributed by atoms with van der Waals surface area (Å²) in [6, 6.07) is 0. The van der Waals surface area contributed by atoms with Crippen LogP contribution in [0.25, 0.3) is 0 Å². The zero-order chi connectivity index (χ0) is 8.08. The molecule has 0 bridgehead atoms. The normalized spacial score (nSPS) is 8.30. The predicted octanol–water partition coefficient (Wildman–Crippen LogP) is -2.70. The molecular formula is H7MgO7PSi. The molecule has 0 aliphatic heterocycles. The summed E-state index contributed by atoms with van der Waals surface area (Å²) in [5.41, 5.74) is 0. The van der Waals surface area contributed by atoms with Crippen molar-refractivity contribution in [3.8, 4) is 0 Å². The third kappa shape index (κ3) is 1960. The summed E-state index contributed by atoms with van der Waals surface area (Å²) in [7, 11) is -7.77. The van der Waals surface area contributed by atoms with Gasteiger partial charge in [0.25, 0.3) is 0 Å². The van der Waals surface area contributed by atoms with Crippen molar-refractivity contribution in [1.82, 2.24) is 0 Å². The van der Waals surface area contributed by atoms with Crippen molar-refractivity contribution in [2.24, 2.45) is 0 Å². The predicted molar refractivity (Wildman–Crippen MR) is 33.1 cm³/mol. The maximum atomic E-state index is 8.88. The monoisotopic (exact) mass is 202 g/mol. The molecule has 0 atom stereocenters. The molecule has 7 nitrogen and oxygen atoms in total. The van der Waals surface area contributed by atoms with E-state index in [4.69, 9.17) is 33.3 Å². The van der Waals surface area contributed by atoms with Crippen LogP contribution in [-0.4, -0.2) is 56.5 Å². The third-order valence-corrected chi connectivity index (χ3v) is 0. The van der Waals surface area contributed by atoms with Crippen molar-refractivity contribution < 1.29 is 36.2 Å². The zero-order valence-corrected chi connectivity index (χ0v) is 8.02. The molecule has 60 valence electrons. The van der Waals surface area contributed by atoms with Crippen LogP contribution in [0.3, 0.4) is 0 Å². The van der Waals surface area contributed by atoms with Gasteiger partial charge in [-0.2, -0.15) is 0 Å². The van der Waals surface area contributed by atoms with E-state index in [0.717, 1.165) is 0 Å². The van der Waals surface area contributed by atoms with E-state index in [-0.39, 0.29) is 25.9 Å². The minimum atomic E-state index is -4.64. The van der Waals surface area contributed by atoms with Crippen LogP contribution >= 0.6 is 7.82 Å². The van der Waals surface area contributed by atoms with Crippen LogP contribution in [0.4, 0.5) is 0 Å². The van der Waals surface area contributed by atoms with Gasteiger partial charge in [0.2, 0.25) is 0 Å². The SMILES string of the molecule is O=P(O)(O)O.O=[Si](O)O.[H-].[H-].[Mg+2]. The second-order valence-corrected chi connectivity index (χ2v) is 2.39. The van der Waals surface area contributed by atoms with Gasteiger partial charge in [-0.25, -0.2) is 4.57 Å². The van der Waals surface area contributed by atoms with Crippen molar-refractivity contribution in [3.63, 3.8) is 0 Å². The molecule has 10 heavy (non-hydrogen) atoms. The Hall–Kier alpha value is 0.493. The summed E-state index contributed by atoms with van der Waals surface area (Å²) in [6.07, 6.45) is 0. The Balaban J connectivity index is -0.0000000221. The molecule has 0 aromatic heterocycles. The first-order valence-corrected chi connectivity index (χ1v) is 4.30. The van der Waals surface area contributed by atoms with Crippen molar-refractivity contribution in [3.05, 3.63) is 0 Å². The standard InChI is InChI=1S/Mg.H3O4P.H2O3Si.2H/c;1-5(2,3)4;1-4(2)3;;/h;(H3,1,2,3,4);1-2H;;/q+2;;;2*-1. The average Bonchev–Trinajstić information content (AvgIpc) is 1.19. The van der Waals surface area contributed by atoms with Gasteiger partial charge in [0, 0.05) is 0 Å². The number of hydrogen-bond acceptors (Lipinski definition) is 2. The van der Waals surface area contributed by atoms with Gasteiger partial charge < -0.3 is 27.1 Å². The molecule has 0 heterocycles. The Bertz CT molecular complexity index is 121. The molecule has 10 heteroatoms. The largest absolute Gasteiger partial charge is 2.00 e. The Morgan fingerprint density at radius 1 is 1.20 bits per heavy atom. The zero-order valence-electron chi connectivity index (χ0n) is 6.71. The van der Waals surface area contributed by atoms with E-state index in [2.05, 4.69) is 0 Å². The summed E-state index contributed by atoms with van der Waals surface area (Å²) >= 11 is 0. The van der Waals surface area contributed by atoms with E-state index in [1.807, 2.05) is 0 Å². The second-order valence-electron chi connectivity index (χ2n) is 0.796. The molecule has 0 saturated heterocycles. The Kier molecular flexibility index (Phi) is 12.8. The van der Waals surface area contributed by atoms with Crippen LogP contribution < -0.4 is 0 Å². The summed E-state index contributed by atoms with van der Waals surface area (Å²) in [6.45, 7) is 0. The van der Waals surface area contributed by atoms with E-state index in [1.165, 1.54) is 0 Å². The third-order valence-electron chi connectivity index (χ3n) is 0. The molecular weight excluding hydrogens is 195 g/mol. The minimum absolute atomic E-state index is 0. The quantitative estimate of drug-likeness (QED) is 0.213. The number of hydrogen-bond donors (Lipinski definition) is 5. The topological polar surface area (TPSA) is 135 Å². The van der Waals surface area contributed by atoms with E-state index < -0.39 is 17.0 Å². The summed E-state index contributed by atoms with van der Waals surface area (Å²) < 4.78 is 17.6. The number of rotatable bonds is 0. The second kappa shape index (κ2) is 7.60. The van der Waals surface area contributed by atoms with Gasteiger partial charge in [-0.1, -0.05) is 0 Å². The van der Waals surface area contributed by atoms with E-state index in [9.17, 15) is 0 Å². The van der Waals surface area contributed by atoms with Gasteiger partial charge in [-0.15, -0.1) is 0 Å². The molecule has 0 aliphatic carbocycles. The first kappa shape index (κ1) is 16.8. The fourth-order valence-electron chi connectivity index (χ4n) is 0. The summed E-state index contributed by atoms with van der Waals surface area (Å²) in [4.78, 5) is 35.9. The fourth-order valence-corrected chi connectivity index (χ4v) is 0. The average molecular weight is 202 g/mol. The molecule has 0 fully saturated rings. The molecule has 0 amide bonds. The van der Waals surface area contributed by atoms with Crippen LogP contribution in [0.1, 0.15) is 2.85 Å². The summed E-state index contributed by atoms with van der Waals surface area (Å²) in [5, 5.41) is 0. The molecule has 0 rings (SSSR count). The molecule has 0 aliphatic rings. The maximum Gasteiger partial charge on any atom is 2.00 e. The van der Waals surface area contributed by atoms with E-state index in [1.54, 1.807) is 0 Å². The minimum Gasteiger partial charge on any atom is -1.00 e. The van der Waals surface area contributed by atoms with Crippen molar-refractivity contribution >= 4 is 40.0 Å². The smallest absolute Gasteiger partial charge is 1.00 e. The van der Waals surface area contributed by atoms with Gasteiger partial charge in [0.05, 0.1) is 0 Å². The molecule has 0 aromatic rings. The van der Waals surface area contributed by atoms with Crippen molar-refractivity contribution in [2.75, 3.05) is 0 Å². The molecule has 5 N–H and O–H groups in total. The maximum absolute atomic E-state index is 8.88. The molecule has 0 saturated carbocycles. The van der Waals surface area contributed by atoms with Gasteiger partial charge in [0.1, 0.15) is 0 Å². The van der Waals surface area contributed by atoms with E-state index in [0.29, 0.717) is 0 Å². The Morgan fingerprint density at radius 2 is 1.20 bits per heavy atom. The molecule has 0 aromatic carbocycles. The van der Waals surface area contributed by atoms with Crippen molar-refractivity contribution in [2.45, 2.75) is 0 Å². The fraction of sp³-hybridized carbons (Fsp3) is 0. The molecule has 0 spiro atoms. The van der Waals surface area contributed by atoms with Crippen LogP contribution in [-0.2, 0) is 9.03 Å². The van der Waals surface area contributed by atoms with E-state index >= 15 is 0 Å². The van der Waals surface area contributed by atoms with Gasteiger partial charge in [-0.05, 0) is 0 Å². The van der Waals surface area contributed by atoms with Crippen LogP contribution in [0.2, 0.25) is 0 Å². The van der Waals surface area contributed by atoms with Crippen LogP contribution in [0.5, 0.6) is 0 Å². The van der Waals surface area contributed by atoms with Gasteiger partial charge in [0.15, 0.2) is 0 Å². The van der Waals surface area contributed by atoms with Crippen LogP contribution in [0, 0.1) is 0 Å². The van der Waals surface area contributed by atoms with Gasteiger partial charge in [-0.3, -0.25) is 4.46 Å². The summed E-state index contributed by atoms with van der Waals surface area (Å²) in [5.74, 6) is 0. The van der Waals surface area contributed by atoms with Gasteiger partial charge >= 0.3 is 40.0 Å². The van der Waals surface area contributed by atoms with Crippen LogP contribution in [0.15, 0.2) is 0 Å². The molecule has 0 radical (unpaired) electrons. The number of phosphoric acid groups is 1. The van der Waals surface area contributed by atoms with Crippen molar-refractivity contribution in [1.29, 1.82) is 0 Å². The molecule has 0 unspecified atom stereocenters. The first-order valence-electron chi connectivity index (χ1n) is 1.43. The Morgan fingerprint density at radius 3 is 1.20 bits per heavy atom. The Labute approximate surface area is 76.6 Å². The first-order chi connectivity index (χ1) is 3.73.